The molecule has 0 saturated carbocycles. The highest BCUT2D eigenvalue weighted by Gasteiger charge is 2.22. The van der Waals surface area contributed by atoms with E-state index in [1.807, 2.05) is 7.05 Å². The van der Waals surface area contributed by atoms with Crippen molar-refractivity contribution >= 4 is 11.7 Å². The van der Waals surface area contributed by atoms with E-state index in [1.165, 1.54) is 0 Å². The van der Waals surface area contributed by atoms with Gasteiger partial charge in [0.15, 0.2) is 5.82 Å². The number of nitrogens with zero attached hydrogens (tertiary/aromatic N) is 4. The minimum Gasteiger partial charge on any atom is -0.478 e. The summed E-state index contributed by atoms with van der Waals surface area (Å²) in [7, 11) is 3.60. The molecular formula is C14H23N5O2. The highest BCUT2D eigenvalue weighted by molar-refractivity contribution is 5.75. The molecule has 7 heteroatoms. The number of ether oxygens (including phenoxy) is 1. The number of carbonyl (C=O) groups excluding carboxylic acids is 1. The van der Waals surface area contributed by atoms with E-state index in [2.05, 4.69) is 19.8 Å². The van der Waals surface area contributed by atoms with Crippen LogP contribution in [0.4, 0.5) is 5.82 Å². The van der Waals surface area contributed by atoms with Gasteiger partial charge in [0.05, 0.1) is 13.7 Å². The second kappa shape index (κ2) is 7.21. The van der Waals surface area contributed by atoms with Crippen molar-refractivity contribution in [3.05, 3.63) is 12.4 Å². The number of piperidine rings is 1. The van der Waals surface area contributed by atoms with Crippen molar-refractivity contribution in [1.29, 1.82) is 0 Å². The van der Waals surface area contributed by atoms with Gasteiger partial charge in [-0.2, -0.15) is 0 Å². The number of likely N-dealkylation sites (tertiary alicyclic amines) is 1. The molecular weight excluding hydrogens is 270 g/mol. The molecule has 0 spiro atoms. The van der Waals surface area contributed by atoms with Crippen LogP contribution in [0.3, 0.4) is 0 Å². The van der Waals surface area contributed by atoms with E-state index in [1.54, 1.807) is 19.5 Å². The lowest BCUT2D eigenvalue weighted by Crippen LogP contribution is -2.41. The summed E-state index contributed by atoms with van der Waals surface area (Å²) in [4.78, 5) is 23.6. The van der Waals surface area contributed by atoms with Gasteiger partial charge in [0.25, 0.3) is 5.88 Å². The van der Waals surface area contributed by atoms with Gasteiger partial charge in [-0.05, 0) is 31.8 Å². The van der Waals surface area contributed by atoms with Gasteiger partial charge in [0.2, 0.25) is 5.91 Å². The van der Waals surface area contributed by atoms with Crippen LogP contribution in [-0.2, 0) is 4.79 Å². The Morgan fingerprint density at radius 1 is 1.43 bits per heavy atom. The van der Waals surface area contributed by atoms with E-state index in [0.717, 1.165) is 38.3 Å². The summed E-state index contributed by atoms with van der Waals surface area (Å²) < 4.78 is 5.24. The smallest absolute Gasteiger partial charge is 0.257 e. The number of anilines is 1. The summed E-state index contributed by atoms with van der Waals surface area (Å²) in [6, 6.07) is 0. The maximum Gasteiger partial charge on any atom is 0.257 e. The van der Waals surface area contributed by atoms with Crippen LogP contribution >= 0.6 is 0 Å². The summed E-state index contributed by atoms with van der Waals surface area (Å²) in [5.41, 5.74) is 5.23. The van der Waals surface area contributed by atoms with Crippen LogP contribution in [-0.4, -0.2) is 61.1 Å². The van der Waals surface area contributed by atoms with Crippen molar-refractivity contribution in [2.75, 3.05) is 45.2 Å². The average Bonchev–Trinajstić information content (AvgIpc) is 2.48. The molecule has 1 aliphatic rings. The Hall–Kier alpha value is -1.89. The van der Waals surface area contributed by atoms with Gasteiger partial charge in [-0.1, -0.05) is 0 Å². The third-order valence-electron chi connectivity index (χ3n) is 3.82. The van der Waals surface area contributed by atoms with Crippen molar-refractivity contribution in [2.24, 2.45) is 11.7 Å². The lowest BCUT2D eigenvalue weighted by atomic mass is 9.96. The zero-order valence-corrected chi connectivity index (χ0v) is 12.7. The fraction of sp³-hybridized carbons (Fsp3) is 0.643. The molecule has 21 heavy (non-hydrogen) atoms. The molecule has 7 nitrogen and oxygen atoms in total. The number of hydrogen-bond donors (Lipinski definition) is 1. The number of nitrogens with two attached hydrogens (primary N) is 1. The maximum absolute atomic E-state index is 10.9. The van der Waals surface area contributed by atoms with Crippen LogP contribution in [0.15, 0.2) is 12.4 Å². The van der Waals surface area contributed by atoms with Crippen LogP contribution in [0.1, 0.15) is 12.8 Å². The minimum absolute atomic E-state index is 0.255. The molecule has 0 bridgehead atoms. The third kappa shape index (κ3) is 4.29. The lowest BCUT2D eigenvalue weighted by Gasteiger charge is -2.33. The molecule has 2 heterocycles. The van der Waals surface area contributed by atoms with Gasteiger partial charge in [-0.3, -0.25) is 9.69 Å². The van der Waals surface area contributed by atoms with Gasteiger partial charge < -0.3 is 15.4 Å². The number of rotatable bonds is 6. The zero-order chi connectivity index (χ0) is 15.2. The first-order chi connectivity index (χ1) is 10.1. The average molecular weight is 293 g/mol. The monoisotopic (exact) mass is 293 g/mol. The lowest BCUT2D eigenvalue weighted by molar-refractivity contribution is -0.119. The molecule has 2 N–H and O–H groups in total. The normalized spacial score (nSPS) is 16.7. The fourth-order valence-corrected chi connectivity index (χ4v) is 2.75. The topological polar surface area (TPSA) is 84.6 Å². The second-order valence-electron chi connectivity index (χ2n) is 5.46. The first-order valence-electron chi connectivity index (χ1n) is 7.17. The van der Waals surface area contributed by atoms with Gasteiger partial charge in [-0.15, -0.1) is 0 Å². The number of aromatic nitrogens is 2. The molecule has 0 aromatic carbocycles. The number of hydrogen-bond acceptors (Lipinski definition) is 6. The molecule has 0 unspecified atom stereocenters. The molecule has 1 fully saturated rings. The van der Waals surface area contributed by atoms with Crippen molar-refractivity contribution in [2.45, 2.75) is 12.8 Å². The van der Waals surface area contributed by atoms with E-state index in [-0.39, 0.29) is 5.91 Å². The summed E-state index contributed by atoms with van der Waals surface area (Å²) >= 11 is 0. The Kier molecular flexibility index (Phi) is 5.32. The Morgan fingerprint density at radius 3 is 2.71 bits per heavy atom. The van der Waals surface area contributed by atoms with Crippen molar-refractivity contribution < 1.29 is 9.53 Å². The van der Waals surface area contributed by atoms with Crippen molar-refractivity contribution in [3.8, 4) is 5.88 Å². The van der Waals surface area contributed by atoms with Crippen LogP contribution in [0.5, 0.6) is 5.88 Å². The standard InChI is InChI=1S/C14H23N5O2/c1-18(13-14(21-2)17-6-5-16-13)9-11-3-7-19(8-4-11)10-12(15)20/h5-6,11H,3-4,7-10H2,1-2H3,(H2,15,20). The molecule has 1 saturated heterocycles. The largest absolute Gasteiger partial charge is 0.478 e. The highest BCUT2D eigenvalue weighted by atomic mass is 16.5. The first kappa shape index (κ1) is 15.5. The summed E-state index contributed by atoms with van der Waals surface area (Å²) in [5.74, 6) is 1.63. The zero-order valence-electron chi connectivity index (χ0n) is 12.7. The maximum atomic E-state index is 10.9. The van der Waals surface area contributed by atoms with Crippen LogP contribution in [0.2, 0.25) is 0 Å². The summed E-state index contributed by atoms with van der Waals surface area (Å²) in [6.45, 7) is 3.10. The van der Waals surface area contributed by atoms with Gasteiger partial charge in [0.1, 0.15) is 0 Å². The number of amides is 1. The van der Waals surface area contributed by atoms with Gasteiger partial charge in [0, 0.05) is 26.0 Å². The van der Waals surface area contributed by atoms with Crippen LogP contribution < -0.4 is 15.4 Å². The van der Waals surface area contributed by atoms with E-state index >= 15 is 0 Å². The number of methoxy groups -OCH3 is 1. The van der Waals surface area contributed by atoms with Crippen LogP contribution in [0.25, 0.3) is 0 Å². The molecule has 1 amide bonds. The van der Waals surface area contributed by atoms with Gasteiger partial charge in [-0.25, -0.2) is 9.97 Å². The molecule has 2 rings (SSSR count). The van der Waals surface area contributed by atoms with Crippen molar-refractivity contribution in [3.63, 3.8) is 0 Å². The number of primary amides is 1. The molecule has 1 aromatic rings. The first-order valence-corrected chi connectivity index (χ1v) is 7.17. The van der Waals surface area contributed by atoms with Crippen molar-refractivity contribution in [1.82, 2.24) is 14.9 Å². The SMILES string of the molecule is COc1nccnc1N(C)CC1CCN(CC(N)=O)CC1. The van der Waals surface area contributed by atoms with E-state index in [0.29, 0.717) is 18.3 Å². The molecule has 1 aliphatic heterocycles. The molecule has 1 aromatic heterocycles. The van der Waals surface area contributed by atoms with E-state index in [4.69, 9.17) is 10.5 Å². The molecule has 0 radical (unpaired) electrons. The molecule has 0 atom stereocenters. The summed E-state index contributed by atoms with van der Waals surface area (Å²) in [5, 5.41) is 0. The number of carbonyl (C=O) groups is 1. The minimum atomic E-state index is -0.255. The molecule has 0 aliphatic carbocycles. The summed E-state index contributed by atoms with van der Waals surface area (Å²) in [6.07, 6.45) is 5.41. The van der Waals surface area contributed by atoms with Gasteiger partial charge >= 0.3 is 0 Å². The predicted octanol–water partition coefficient (Wildman–Crippen LogP) is 0.119. The quantitative estimate of drug-likeness (QED) is 0.802. The second-order valence-corrected chi connectivity index (χ2v) is 5.46. The van der Waals surface area contributed by atoms with E-state index in [9.17, 15) is 4.79 Å². The Bertz CT molecular complexity index is 474. The predicted molar refractivity (Wildman–Crippen MR) is 80.2 cm³/mol. The van der Waals surface area contributed by atoms with E-state index < -0.39 is 0 Å². The molecule has 116 valence electrons. The Balaban J connectivity index is 1.87. The third-order valence-corrected chi connectivity index (χ3v) is 3.82. The Morgan fingerprint density at radius 2 is 2.10 bits per heavy atom. The Labute approximate surface area is 125 Å². The highest BCUT2D eigenvalue weighted by Crippen LogP contribution is 2.24. The fourth-order valence-electron chi connectivity index (χ4n) is 2.75. The van der Waals surface area contributed by atoms with Crippen LogP contribution in [0, 0.1) is 5.92 Å².